The van der Waals surface area contributed by atoms with Crippen molar-refractivity contribution in [1.82, 2.24) is 9.69 Å². The molecule has 8 nitrogen and oxygen atoms in total. The van der Waals surface area contributed by atoms with Crippen LogP contribution in [0.3, 0.4) is 0 Å². The molecular weight excluding hydrogens is 438 g/mol. The van der Waals surface area contributed by atoms with Crippen LogP contribution in [0.5, 0.6) is 0 Å². The number of amides is 3. The van der Waals surface area contributed by atoms with E-state index >= 15 is 0 Å². The Bertz CT molecular complexity index is 1130. The lowest BCUT2D eigenvalue weighted by molar-refractivity contribution is -0.119. The second kappa shape index (κ2) is 9.59. The van der Waals surface area contributed by atoms with E-state index in [1.165, 1.54) is 4.90 Å². The number of halogens is 1. The second-order valence-corrected chi connectivity index (χ2v) is 7.91. The van der Waals surface area contributed by atoms with Crippen molar-refractivity contribution in [3.8, 4) is 0 Å². The van der Waals surface area contributed by atoms with E-state index in [9.17, 15) is 14.4 Å². The van der Waals surface area contributed by atoms with Crippen molar-refractivity contribution in [2.45, 2.75) is 13.5 Å². The number of nitrogens with one attached hydrogen (secondary N) is 1. The molecule has 1 heterocycles. The van der Waals surface area contributed by atoms with Gasteiger partial charge in [0.15, 0.2) is 5.69 Å². The summed E-state index contributed by atoms with van der Waals surface area (Å²) in [4.78, 5) is 38.6. The first-order valence-corrected chi connectivity index (χ1v) is 10.4. The third kappa shape index (κ3) is 5.19. The molecule has 0 saturated carbocycles. The number of anilines is 2. The van der Waals surface area contributed by atoms with E-state index in [-0.39, 0.29) is 28.7 Å². The summed E-state index contributed by atoms with van der Waals surface area (Å²) < 4.78 is 3.87. The molecule has 0 fully saturated rings. The predicted molar refractivity (Wildman–Crippen MR) is 121 cm³/mol. The van der Waals surface area contributed by atoms with Crippen molar-refractivity contribution in [1.29, 1.82) is 0 Å². The highest BCUT2D eigenvalue weighted by Crippen LogP contribution is 2.28. The van der Waals surface area contributed by atoms with Crippen molar-refractivity contribution in [2.24, 2.45) is 5.73 Å². The van der Waals surface area contributed by atoms with Crippen LogP contribution in [0.1, 0.15) is 31.3 Å². The molecule has 3 amide bonds. The van der Waals surface area contributed by atoms with Gasteiger partial charge >= 0.3 is 0 Å². The van der Waals surface area contributed by atoms with Gasteiger partial charge < -0.3 is 16.8 Å². The zero-order chi connectivity index (χ0) is 22.5. The van der Waals surface area contributed by atoms with Crippen LogP contribution in [0.15, 0.2) is 48.5 Å². The maximum Gasteiger partial charge on any atom is 0.272 e. The van der Waals surface area contributed by atoms with Gasteiger partial charge in [-0.05, 0) is 41.7 Å². The summed E-state index contributed by atoms with van der Waals surface area (Å²) in [5, 5.41) is 3.23. The number of aromatic nitrogens is 1. The van der Waals surface area contributed by atoms with Gasteiger partial charge in [-0.3, -0.25) is 19.3 Å². The van der Waals surface area contributed by atoms with Gasteiger partial charge in [-0.1, -0.05) is 48.0 Å². The lowest BCUT2D eigenvalue weighted by atomic mass is 10.2. The highest BCUT2D eigenvalue weighted by molar-refractivity contribution is 7.09. The number of nitrogens with two attached hydrogens (primary N) is 2. The molecule has 3 rings (SSSR count). The van der Waals surface area contributed by atoms with Crippen molar-refractivity contribution < 1.29 is 14.4 Å². The number of carbonyl (C=O) groups excluding carboxylic acids is 3. The van der Waals surface area contributed by atoms with Gasteiger partial charge in [0.1, 0.15) is 11.4 Å². The first-order chi connectivity index (χ1) is 14.8. The first-order valence-electron chi connectivity index (χ1n) is 9.21. The van der Waals surface area contributed by atoms with Crippen LogP contribution >= 0.6 is 23.1 Å². The third-order valence-electron chi connectivity index (χ3n) is 4.50. The highest BCUT2D eigenvalue weighted by Gasteiger charge is 2.27. The van der Waals surface area contributed by atoms with Gasteiger partial charge in [-0.25, -0.2) is 0 Å². The first kappa shape index (κ1) is 22.3. The van der Waals surface area contributed by atoms with Crippen molar-refractivity contribution in [3.63, 3.8) is 0 Å². The molecular formula is C21H20ClN5O3S. The third-order valence-corrected chi connectivity index (χ3v) is 5.76. The van der Waals surface area contributed by atoms with Crippen LogP contribution in [0, 0.1) is 6.92 Å². The molecule has 0 radical (unpaired) electrons. The minimum atomic E-state index is -0.835. The molecule has 3 aromatic rings. The number of hydrogen-bond acceptors (Lipinski definition) is 6. The number of primary amides is 1. The summed E-state index contributed by atoms with van der Waals surface area (Å²) in [7, 11) is 0. The van der Waals surface area contributed by atoms with Gasteiger partial charge in [0.25, 0.3) is 11.8 Å². The topological polar surface area (TPSA) is 131 Å². The largest absolute Gasteiger partial charge is 0.395 e. The SMILES string of the molecule is Cc1ccc(N(CC(=O)NCc2ccccc2)C(=O)c2snc(C(N)=O)c2N)cc1Cl. The monoisotopic (exact) mass is 457 g/mol. The predicted octanol–water partition coefficient (Wildman–Crippen LogP) is 2.75. The van der Waals surface area contributed by atoms with E-state index in [0.29, 0.717) is 17.3 Å². The quantitative estimate of drug-likeness (QED) is 0.502. The Labute approximate surface area is 188 Å². The Kier molecular flexibility index (Phi) is 6.88. The normalized spacial score (nSPS) is 10.5. The zero-order valence-corrected chi connectivity index (χ0v) is 18.2. The van der Waals surface area contributed by atoms with Crippen LogP contribution in [-0.2, 0) is 11.3 Å². The molecule has 2 aromatic carbocycles. The molecule has 31 heavy (non-hydrogen) atoms. The van der Waals surface area contributed by atoms with E-state index in [1.54, 1.807) is 18.2 Å². The van der Waals surface area contributed by atoms with E-state index in [2.05, 4.69) is 9.69 Å². The van der Waals surface area contributed by atoms with Gasteiger partial charge in [-0.15, -0.1) is 0 Å². The fourth-order valence-corrected chi connectivity index (χ4v) is 3.71. The number of aryl methyl sites for hydroxylation is 1. The van der Waals surface area contributed by atoms with E-state index in [0.717, 1.165) is 22.7 Å². The summed E-state index contributed by atoms with van der Waals surface area (Å²) in [6.45, 7) is 1.85. The van der Waals surface area contributed by atoms with Crippen LogP contribution in [0.4, 0.5) is 11.4 Å². The number of rotatable bonds is 7. The summed E-state index contributed by atoms with van der Waals surface area (Å²) in [6.07, 6.45) is 0. The molecule has 0 atom stereocenters. The molecule has 0 aliphatic rings. The Morgan fingerprint density at radius 1 is 1.16 bits per heavy atom. The van der Waals surface area contributed by atoms with Crippen LogP contribution in [0.2, 0.25) is 5.02 Å². The standard InChI is InChI=1S/C21H20ClN5O3S/c1-12-7-8-14(9-15(12)22)27(11-16(28)25-10-13-5-3-2-4-6-13)21(30)19-17(23)18(20(24)29)26-31-19/h2-9H,10-11,23H2,1H3,(H2,24,29)(H,25,28). The Morgan fingerprint density at radius 2 is 1.87 bits per heavy atom. The smallest absolute Gasteiger partial charge is 0.272 e. The Hall–Kier alpha value is -3.43. The minimum absolute atomic E-state index is 0.0151. The Balaban J connectivity index is 1.87. The average Bonchev–Trinajstić information content (AvgIpc) is 3.14. The van der Waals surface area contributed by atoms with Crippen LogP contribution < -0.4 is 21.7 Å². The molecule has 0 spiro atoms. The zero-order valence-electron chi connectivity index (χ0n) is 16.6. The number of carbonyl (C=O) groups is 3. The molecule has 0 aliphatic carbocycles. The molecule has 5 N–H and O–H groups in total. The lowest BCUT2D eigenvalue weighted by Gasteiger charge is -2.22. The minimum Gasteiger partial charge on any atom is -0.395 e. The Morgan fingerprint density at radius 3 is 2.48 bits per heavy atom. The summed E-state index contributed by atoms with van der Waals surface area (Å²) in [6, 6.07) is 14.4. The van der Waals surface area contributed by atoms with Crippen LogP contribution in [-0.4, -0.2) is 28.6 Å². The number of hydrogen-bond donors (Lipinski definition) is 3. The van der Waals surface area contributed by atoms with E-state index in [1.807, 2.05) is 37.3 Å². The van der Waals surface area contributed by atoms with Gasteiger partial charge in [-0.2, -0.15) is 4.37 Å². The summed E-state index contributed by atoms with van der Waals surface area (Å²) >= 11 is 6.98. The summed E-state index contributed by atoms with van der Waals surface area (Å²) in [5.41, 5.74) is 13.0. The fourth-order valence-electron chi connectivity index (χ4n) is 2.78. The summed E-state index contributed by atoms with van der Waals surface area (Å²) in [5.74, 6) is -1.80. The fraction of sp³-hybridized carbons (Fsp3) is 0.143. The molecule has 160 valence electrons. The molecule has 10 heteroatoms. The maximum atomic E-state index is 13.2. The molecule has 0 unspecified atom stereocenters. The highest BCUT2D eigenvalue weighted by atomic mass is 35.5. The number of benzene rings is 2. The number of nitrogen functional groups attached to an aromatic ring is 1. The average molecular weight is 458 g/mol. The lowest BCUT2D eigenvalue weighted by Crippen LogP contribution is -2.40. The molecule has 0 aliphatic heterocycles. The van der Waals surface area contributed by atoms with E-state index < -0.39 is 11.8 Å². The van der Waals surface area contributed by atoms with Gasteiger partial charge in [0.05, 0.1) is 5.69 Å². The van der Waals surface area contributed by atoms with E-state index in [4.69, 9.17) is 23.1 Å². The van der Waals surface area contributed by atoms with Crippen molar-refractivity contribution >= 4 is 52.2 Å². The maximum absolute atomic E-state index is 13.2. The second-order valence-electron chi connectivity index (χ2n) is 6.73. The van der Waals surface area contributed by atoms with Crippen LogP contribution in [0.25, 0.3) is 0 Å². The number of nitrogens with zero attached hydrogens (tertiary/aromatic N) is 2. The van der Waals surface area contributed by atoms with Gasteiger partial charge in [0, 0.05) is 17.3 Å². The molecule has 0 saturated heterocycles. The van der Waals surface area contributed by atoms with Crippen molar-refractivity contribution in [3.05, 3.63) is 75.3 Å². The molecule has 0 bridgehead atoms. The van der Waals surface area contributed by atoms with Crippen molar-refractivity contribution in [2.75, 3.05) is 17.2 Å². The molecule has 1 aromatic heterocycles. The van der Waals surface area contributed by atoms with Gasteiger partial charge in [0.2, 0.25) is 5.91 Å².